The molecule has 0 bridgehead atoms. The van der Waals surface area contributed by atoms with Gasteiger partial charge in [0.05, 0.1) is 10.8 Å². The number of nitrogens with one attached hydrogen (secondary N) is 1. The number of nitrogens with zero attached hydrogens (tertiary/aromatic N) is 1. The zero-order chi connectivity index (χ0) is 13.6. The number of nitrogens with two attached hydrogens (primary N) is 1. The second kappa shape index (κ2) is 7.18. The maximum absolute atomic E-state index is 11.4. The normalized spacial score (nSPS) is 13.7. The maximum Gasteiger partial charge on any atom is 0.150 e. The van der Waals surface area contributed by atoms with E-state index >= 15 is 0 Å². The average molecular weight is 291 g/mol. The first-order valence-electron chi connectivity index (χ1n) is 6.04. The van der Waals surface area contributed by atoms with Crippen LogP contribution in [0.25, 0.3) is 0 Å². The third kappa shape index (κ3) is 5.43. The SMILES string of the molecule is CCS(=O)(=O)CCCC(Cc1nc(C)cs1)NN. The van der Waals surface area contributed by atoms with E-state index in [0.29, 0.717) is 6.42 Å². The molecule has 1 unspecified atom stereocenters. The summed E-state index contributed by atoms with van der Waals surface area (Å²) >= 11 is 1.61. The van der Waals surface area contributed by atoms with E-state index in [1.54, 1.807) is 18.3 Å². The third-order valence-corrected chi connectivity index (χ3v) is 5.55. The minimum atomic E-state index is -2.87. The number of hydrazine groups is 1. The molecule has 1 rings (SSSR count). The Hall–Kier alpha value is -0.500. The molecule has 0 fully saturated rings. The van der Waals surface area contributed by atoms with Crippen molar-refractivity contribution >= 4 is 21.2 Å². The van der Waals surface area contributed by atoms with Crippen molar-refractivity contribution in [3.63, 3.8) is 0 Å². The zero-order valence-corrected chi connectivity index (χ0v) is 12.5. The molecule has 0 aromatic carbocycles. The van der Waals surface area contributed by atoms with Gasteiger partial charge in [-0.3, -0.25) is 11.3 Å². The molecular weight excluding hydrogens is 270 g/mol. The smallest absolute Gasteiger partial charge is 0.150 e. The Bertz CT molecular complexity index is 457. The highest BCUT2D eigenvalue weighted by Crippen LogP contribution is 2.13. The second-order valence-electron chi connectivity index (χ2n) is 4.33. The molecule has 0 saturated heterocycles. The molecule has 1 atom stereocenters. The number of aromatic nitrogens is 1. The summed E-state index contributed by atoms with van der Waals surface area (Å²) in [6.45, 7) is 3.63. The fraction of sp³-hybridized carbons (Fsp3) is 0.727. The van der Waals surface area contributed by atoms with Crippen LogP contribution < -0.4 is 11.3 Å². The quantitative estimate of drug-likeness (QED) is 0.552. The van der Waals surface area contributed by atoms with E-state index in [4.69, 9.17) is 5.84 Å². The van der Waals surface area contributed by atoms with Crippen LogP contribution in [-0.4, -0.2) is 30.9 Å². The van der Waals surface area contributed by atoms with Crippen LogP contribution in [0.4, 0.5) is 0 Å². The van der Waals surface area contributed by atoms with Crippen molar-refractivity contribution in [2.45, 2.75) is 39.2 Å². The van der Waals surface area contributed by atoms with Crippen LogP contribution in [-0.2, 0) is 16.3 Å². The minimum Gasteiger partial charge on any atom is -0.271 e. The van der Waals surface area contributed by atoms with E-state index in [1.807, 2.05) is 12.3 Å². The van der Waals surface area contributed by atoms with E-state index in [-0.39, 0.29) is 17.5 Å². The highest BCUT2D eigenvalue weighted by atomic mass is 32.2. The van der Waals surface area contributed by atoms with E-state index in [2.05, 4.69) is 10.4 Å². The molecule has 0 radical (unpaired) electrons. The fourth-order valence-electron chi connectivity index (χ4n) is 1.65. The van der Waals surface area contributed by atoms with Crippen LogP contribution in [0, 0.1) is 6.92 Å². The Morgan fingerprint density at radius 2 is 2.28 bits per heavy atom. The molecule has 0 aliphatic rings. The number of hydrogen-bond donors (Lipinski definition) is 2. The van der Waals surface area contributed by atoms with Gasteiger partial charge in [0.25, 0.3) is 0 Å². The molecule has 0 aliphatic carbocycles. The molecular formula is C11H21N3O2S2. The lowest BCUT2D eigenvalue weighted by Crippen LogP contribution is -2.37. The Morgan fingerprint density at radius 1 is 1.56 bits per heavy atom. The molecule has 0 aliphatic heterocycles. The Balaban J connectivity index is 2.39. The van der Waals surface area contributed by atoms with Crippen molar-refractivity contribution in [3.05, 3.63) is 16.1 Å². The monoisotopic (exact) mass is 291 g/mol. The fourth-order valence-corrected chi connectivity index (χ4v) is 3.39. The van der Waals surface area contributed by atoms with Gasteiger partial charge < -0.3 is 0 Å². The number of rotatable bonds is 8. The van der Waals surface area contributed by atoms with Gasteiger partial charge in [0, 0.05) is 29.3 Å². The van der Waals surface area contributed by atoms with Crippen molar-refractivity contribution in [3.8, 4) is 0 Å². The summed E-state index contributed by atoms with van der Waals surface area (Å²) in [5, 5.41) is 3.04. The number of hydrogen-bond acceptors (Lipinski definition) is 6. The number of thiazole rings is 1. The van der Waals surface area contributed by atoms with Gasteiger partial charge >= 0.3 is 0 Å². The first kappa shape index (κ1) is 15.6. The van der Waals surface area contributed by atoms with E-state index in [1.165, 1.54) is 0 Å². The molecule has 104 valence electrons. The first-order valence-corrected chi connectivity index (χ1v) is 8.74. The van der Waals surface area contributed by atoms with Crippen molar-refractivity contribution in [2.75, 3.05) is 11.5 Å². The standard InChI is InChI=1S/C11H21N3O2S2/c1-3-18(15,16)6-4-5-10(14-12)7-11-13-9(2)8-17-11/h8,10,14H,3-7,12H2,1-2H3. The van der Waals surface area contributed by atoms with Gasteiger partial charge in [0.2, 0.25) is 0 Å². The molecule has 1 aromatic heterocycles. The molecule has 1 aromatic rings. The predicted octanol–water partition coefficient (Wildman–Crippen LogP) is 1.04. The Labute approximate surface area is 113 Å². The number of aryl methyl sites for hydroxylation is 1. The van der Waals surface area contributed by atoms with Crippen molar-refractivity contribution in [1.82, 2.24) is 10.4 Å². The first-order chi connectivity index (χ1) is 8.46. The van der Waals surface area contributed by atoms with Gasteiger partial charge in [-0.2, -0.15) is 0 Å². The van der Waals surface area contributed by atoms with Crippen LogP contribution in [0.15, 0.2) is 5.38 Å². The van der Waals surface area contributed by atoms with Gasteiger partial charge in [-0.15, -0.1) is 11.3 Å². The largest absolute Gasteiger partial charge is 0.271 e. The summed E-state index contributed by atoms with van der Waals surface area (Å²) in [7, 11) is -2.87. The molecule has 0 spiro atoms. The predicted molar refractivity (Wildman–Crippen MR) is 75.2 cm³/mol. The van der Waals surface area contributed by atoms with E-state index in [0.717, 1.165) is 23.5 Å². The summed E-state index contributed by atoms with van der Waals surface area (Å²) in [5.74, 6) is 5.93. The van der Waals surface area contributed by atoms with Gasteiger partial charge in [-0.05, 0) is 19.8 Å². The molecule has 3 N–H and O–H groups in total. The van der Waals surface area contributed by atoms with Crippen LogP contribution >= 0.6 is 11.3 Å². The number of sulfone groups is 1. The lowest BCUT2D eigenvalue weighted by molar-refractivity contribution is 0.483. The van der Waals surface area contributed by atoms with Crippen LogP contribution in [0.1, 0.15) is 30.5 Å². The van der Waals surface area contributed by atoms with Gasteiger partial charge in [-0.25, -0.2) is 13.4 Å². The second-order valence-corrected chi connectivity index (χ2v) is 7.74. The lowest BCUT2D eigenvalue weighted by Gasteiger charge is -2.14. The van der Waals surface area contributed by atoms with Gasteiger partial charge in [-0.1, -0.05) is 6.92 Å². The van der Waals surface area contributed by atoms with Crippen LogP contribution in [0.2, 0.25) is 0 Å². The lowest BCUT2D eigenvalue weighted by atomic mass is 10.1. The van der Waals surface area contributed by atoms with Crippen molar-refractivity contribution in [1.29, 1.82) is 0 Å². The van der Waals surface area contributed by atoms with Gasteiger partial charge in [0.15, 0.2) is 0 Å². The Kier molecular flexibility index (Phi) is 6.20. The zero-order valence-electron chi connectivity index (χ0n) is 10.8. The van der Waals surface area contributed by atoms with E-state index in [9.17, 15) is 8.42 Å². The highest BCUT2D eigenvalue weighted by Gasteiger charge is 2.13. The minimum absolute atomic E-state index is 0.0857. The summed E-state index contributed by atoms with van der Waals surface area (Å²) < 4.78 is 22.7. The summed E-state index contributed by atoms with van der Waals surface area (Å²) in [4.78, 5) is 4.38. The van der Waals surface area contributed by atoms with Crippen LogP contribution in [0.5, 0.6) is 0 Å². The van der Waals surface area contributed by atoms with Gasteiger partial charge in [0.1, 0.15) is 9.84 Å². The molecule has 5 nitrogen and oxygen atoms in total. The third-order valence-electron chi connectivity index (χ3n) is 2.77. The molecule has 1 heterocycles. The summed E-state index contributed by atoms with van der Waals surface area (Å²) in [6, 6.07) is 0.0857. The topological polar surface area (TPSA) is 85.1 Å². The maximum atomic E-state index is 11.4. The van der Waals surface area contributed by atoms with Crippen LogP contribution in [0.3, 0.4) is 0 Å². The van der Waals surface area contributed by atoms with E-state index < -0.39 is 9.84 Å². The van der Waals surface area contributed by atoms with Crippen molar-refractivity contribution in [2.24, 2.45) is 5.84 Å². The summed E-state index contributed by atoms with van der Waals surface area (Å²) in [6.07, 6.45) is 2.13. The molecule has 0 amide bonds. The van der Waals surface area contributed by atoms with Crippen molar-refractivity contribution < 1.29 is 8.42 Å². The molecule has 18 heavy (non-hydrogen) atoms. The highest BCUT2D eigenvalue weighted by molar-refractivity contribution is 7.91. The Morgan fingerprint density at radius 3 is 2.78 bits per heavy atom. The summed E-state index contributed by atoms with van der Waals surface area (Å²) in [5.41, 5.74) is 3.75. The average Bonchev–Trinajstić information content (AvgIpc) is 2.73. The molecule has 7 heteroatoms. The molecule has 0 saturated carbocycles.